The van der Waals surface area contributed by atoms with Crippen LogP contribution in [0.15, 0.2) is 34.7 Å². The lowest BCUT2D eigenvalue weighted by atomic mass is 10.2. The molecule has 1 N–H and O–H groups in total. The van der Waals surface area contributed by atoms with Gasteiger partial charge in [0.1, 0.15) is 5.75 Å². The number of aromatic nitrogens is 2. The zero-order valence-electron chi connectivity index (χ0n) is 13.6. The summed E-state index contributed by atoms with van der Waals surface area (Å²) in [7, 11) is 0. The summed E-state index contributed by atoms with van der Waals surface area (Å²) in [5.74, 6) is 2.23. The highest BCUT2D eigenvalue weighted by Gasteiger charge is 2.09. The molecule has 0 saturated carbocycles. The van der Waals surface area contributed by atoms with Gasteiger partial charge in [0.25, 0.3) is 0 Å². The first-order valence-electron chi connectivity index (χ1n) is 7.92. The molecule has 1 amide bonds. The Morgan fingerprint density at radius 2 is 2.04 bits per heavy atom. The van der Waals surface area contributed by atoms with Gasteiger partial charge in [0.05, 0.1) is 6.61 Å². The van der Waals surface area contributed by atoms with Crippen LogP contribution in [-0.2, 0) is 11.2 Å². The molecule has 1 aromatic carbocycles. The van der Waals surface area contributed by atoms with Crippen LogP contribution in [-0.4, -0.2) is 29.3 Å². The topological polar surface area (TPSA) is 77.2 Å². The number of nitrogens with zero attached hydrogens (tertiary/aromatic N) is 2. The Hall–Kier alpha value is -2.37. The van der Waals surface area contributed by atoms with Gasteiger partial charge in [-0.25, -0.2) is 0 Å². The molecule has 2 rings (SSSR count). The van der Waals surface area contributed by atoms with Crippen molar-refractivity contribution >= 4 is 5.91 Å². The predicted molar refractivity (Wildman–Crippen MR) is 86.3 cm³/mol. The highest BCUT2D eigenvalue weighted by molar-refractivity contribution is 5.75. The predicted octanol–water partition coefficient (Wildman–Crippen LogP) is 2.71. The van der Waals surface area contributed by atoms with Crippen LogP contribution < -0.4 is 10.1 Å². The molecule has 0 saturated heterocycles. The third-order valence-corrected chi connectivity index (χ3v) is 3.20. The van der Waals surface area contributed by atoms with Crippen molar-refractivity contribution in [3.8, 4) is 5.75 Å². The van der Waals surface area contributed by atoms with E-state index in [1.165, 1.54) is 0 Å². The van der Waals surface area contributed by atoms with Crippen molar-refractivity contribution in [3.63, 3.8) is 0 Å². The number of carbonyl (C=O) groups is 1. The highest BCUT2D eigenvalue weighted by Crippen LogP contribution is 2.12. The van der Waals surface area contributed by atoms with Crippen LogP contribution in [0.25, 0.3) is 0 Å². The summed E-state index contributed by atoms with van der Waals surface area (Å²) in [5, 5.41) is 10.8. The van der Waals surface area contributed by atoms with Crippen LogP contribution in [0, 0.1) is 0 Å². The fraction of sp³-hybridized carbons (Fsp3) is 0.471. The fourth-order valence-corrected chi connectivity index (χ4v) is 1.94. The maximum atomic E-state index is 11.7. The van der Waals surface area contributed by atoms with Gasteiger partial charge in [-0.1, -0.05) is 32.0 Å². The lowest BCUT2D eigenvalue weighted by Gasteiger charge is -2.06. The van der Waals surface area contributed by atoms with Crippen molar-refractivity contribution in [2.45, 2.75) is 39.0 Å². The molecular weight excluding hydrogens is 294 g/mol. The van der Waals surface area contributed by atoms with Crippen LogP contribution in [0.1, 0.15) is 44.4 Å². The quantitative estimate of drug-likeness (QED) is 0.720. The smallest absolute Gasteiger partial charge is 0.220 e. The van der Waals surface area contributed by atoms with E-state index in [1.807, 2.05) is 44.2 Å². The number of rotatable bonds is 9. The van der Waals surface area contributed by atoms with Crippen LogP contribution in [0.2, 0.25) is 0 Å². The second kappa shape index (κ2) is 8.92. The summed E-state index contributed by atoms with van der Waals surface area (Å²) in [5.41, 5.74) is 0. The third kappa shape index (κ3) is 6.10. The van der Waals surface area contributed by atoms with Gasteiger partial charge in [-0.05, 0) is 18.6 Å². The maximum absolute atomic E-state index is 11.7. The lowest BCUT2D eigenvalue weighted by molar-refractivity contribution is -0.121. The number of benzene rings is 1. The SMILES string of the molecule is CC(C)c1nnc(CCNC(=O)CCCOc2ccccc2)o1. The molecule has 1 heterocycles. The van der Waals surface area contributed by atoms with E-state index in [0.717, 1.165) is 5.75 Å². The summed E-state index contributed by atoms with van der Waals surface area (Å²) in [6.45, 7) is 5.02. The Labute approximate surface area is 136 Å². The molecule has 124 valence electrons. The monoisotopic (exact) mass is 317 g/mol. The van der Waals surface area contributed by atoms with Gasteiger partial charge in [0, 0.05) is 25.3 Å². The van der Waals surface area contributed by atoms with Gasteiger partial charge in [0.15, 0.2) is 0 Å². The number of hydrogen-bond acceptors (Lipinski definition) is 5. The van der Waals surface area contributed by atoms with E-state index in [-0.39, 0.29) is 11.8 Å². The molecule has 0 aliphatic rings. The minimum atomic E-state index is 0.00487. The van der Waals surface area contributed by atoms with E-state index >= 15 is 0 Å². The first-order chi connectivity index (χ1) is 11.1. The van der Waals surface area contributed by atoms with Gasteiger partial charge >= 0.3 is 0 Å². The van der Waals surface area contributed by atoms with Gasteiger partial charge in [0.2, 0.25) is 17.7 Å². The van der Waals surface area contributed by atoms with Crippen LogP contribution in [0.5, 0.6) is 5.75 Å². The normalized spacial score (nSPS) is 10.7. The number of hydrogen-bond donors (Lipinski definition) is 1. The molecule has 6 nitrogen and oxygen atoms in total. The summed E-state index contributed by atoms with van der Waals surface area (Å²) < 4.78 is 11.0. The van der Waals surface area contributed by atoms with E-state index in [4.69, 9.17) is 9.15 Å². The minimum absolute atomic E-state index is 0.00487. The molecule has 0 aliphatic heterocycles. The minimum Gasteiger partial charge on any atom is -0.494 e. The number of nitrogens with one attached hydrogen (secondary N) is 1. The molecule has 0 spiro atoms. The molecule has 6 heteroatoms. The van der Waals surface area contributed by atoms with E-state index in [1.54, 1.807) is 0 Å². The van der Waals surface area contributed by atoms with Crippen molar-refractivity contribution in [1.29, 1.82) is 0 Å². The molecule has 2 aromatic rings. The fourth-order valence-electron chi connectivity index (χ4n) is 1.94. The number of amides is 1. The Morgan fingerprint density at radius 3 is 2.74 bits per heavy atom. The van der Waals surface area contributed by atoms with E-state index in [2.05, 4.69) is 15.5 Å². The summed E-state index contributed by atoms with van der Waals surface area (Å²) in [6, 6.07) is 9.58. The zero-order chi connectivity index (χ0) is 16.5. The molecule has 0 aliphatic carbocycles. The molecule has 0 radical (unpaired) electrons. The summed E-state index contributed by atoms with van der Waals surface area (Å²) >= 11 is 0. The largest absolute Gasteiger partial charge is 0.494 e. The second-order valence-corrected chi connectivity index (χ2v) is 5.55. The molecule has 0 atom stereocenters. The summed E-state index contributed by atoms with van der Waals surface area (Å²) in [4.78, 5) is 11.7. The first-order valence-corrected chi connectivity index (χ1v) is 7.92. The molecule has 0 bridgehead atoms. The second-order valence-electron chi connectivity index (χ2n) is 5.55. The van der Waals surface area contributed by atoms with Crippen molar-refractivity contribution in [2.75, 3.05) is 13.2 Å². The van der Waals surface area contributed by atoms with E-state index in [0.29, 0.717) is 44.2 Å². The Kier molecular flexibility index (Phi) is 6.59. The lowest BCUT2D eigenvalue weighted by Crippen LogP contribution is -2.25. The van der Waals surface area contributed by atoms with E-state index in [9.17, 15) is 4.79 Å². The van der Waals surface area contributed by atoms with Gasteiger partial charge in [-0.2, -0.15) is 0 Å². The number of para-hydroxylation sites is 1. The third-order valence-electron chi connectivity index (χ3n) is 3.20. The molecule has 1 aromatic heterocycles. The van der Waals surface area contributed by atoms with Crippen molar-refractivity contribution < 1.29 is 13.9 Å². The average molecular weight is 317 g/mol. The van der Waals surface area contributed by atoms with Gasteiger partial charge in [-0.3, -0.25) is 4.79 Å². The van der Waals surface area contributed by atoms with E-state index < -0.39 is 0 Å². The maximum Gasteiger partial charge on any atom is 0.220 e. The standard InChI is InChI=1S/C17H23N3O3/c1-13(2)17-20-19-16(23-17)10-11-18-15(21)9-6-12-22-14-7-4-3-5-8-14/h3-5,7-8,13H,6,9-12H2,1-2H3,(H,18,21). The van der Waals surface area contributed by atoms with Crippen molar-refractivity contribution in [1.82, 2.24) is 15.5 Å². The Morgan fingerprint density at radius 1 is 1.26 bits per heavy atom. The molecule has 23 heavy (non-hydrogen) atoms. The molecule has 0 fully saturated rings. The van der Waals surface area contributed by atoms with Crippen molar-refractivity contribution in [2.24, 2.45) is 0 Å². The van der Waals surface area contributed by atoms with Gasteiger partial charge < -0.3 is 14.5 Å². The highest BCUT2D eigenvalue weighted by atomic mass is 16.5. The summed E-state index contributed by atoms with van der Waals surface area (Å²) in [6.07, 6.45) is 1.67. The molecular formula is C17H23N3O3. The van der Waals surface area contributed by atoms with Crippen molar-refractivity contribution in [3.05, 3.63) is 42.1 Å². The van der Waals surface area contributed by atoms with Crippen LogP contribution in [0.3, 0.4) is 0 Å². The van der Waals surface area contributed by atoms with Crippen LogP contribution >= 0.6 is 0 Å². The average Bonchev–Trinajstić information content (AvgIpc) is 3.02. The Bertz CT molecular complexity index is 596. The first kappa shape index (κ1) is 17.0. The molecule has 0 unspecified atom stereocenters. The Balaban J connectivity index is 1.56. The number of carbonyl (C=O) groups excluding carboxylic acids is 1. The van der Waals surface area contributed by atoms with Gasteiger partial charge in [-0.15, -0.1) is 10.2 Å². The van der Waals surface area contributed by atoms with Crippen LogP contribution in [0.4, 0.5) is 0 Å². The zero-order valence-corrected chi connectivity index (χ0v) is 13.6. The number of ether oxygens (including phenoxy) is 1.